The van der Waals surface area contributed by atoms with Gasteiger partial charge in [-0.2, -0.15) is 0 Å². The minimum absolute atomic E-state index is 0.232. The quantitative estimate of drug-likeness (QED) is 0.771. The van der Waals surface area contributed by atoms with E-state index in [4.69, 9.17) is 5.11 Å². The fourth-order valence-electron chi connectivity index (χ4n) is 1.98. The Kier molecular flexibility index (Phi) is 2.43. The summed E-state index contributed by atoms with van der Waals surface area (Å²) < 4.78 is 0. The van der Waals surface area contributed by atoms with Crippen LogP contribution in [-0.4, -0.2) is 21.0 Å². The third-order valence-corrected chi connectivity index (χ3v) is 2.67. The summed E-state index contributed by atoms with van der Waals surface area (Å²) in [6, 6.07) is 0. The number of rotatable bonds is 2. The van der Waals surface area contributed by atoms with E-state index in [9.17, 15) is 4.79 Å². The summed E-state index contributed by atoms with van der Waals surface area (Å²) >= 11 is 0. The zero-order valence-electron chi connectivity index (χ0n) is 7.73. The van der Waals surface area contributed by atoms with E-state index in [2.05, 4.69) is 16.3 Å². The molecule has 1 N–H and O–H groups in total. The molecule has 73 valence electrons. The van der Waals surface area contributed by atoms with Crippen molar-refractivity contribution in [2.75, 3.05) is 0 Å². The molecule has 1 saturated carbocycles. The molecule has 1 heterocycles. The van der Waals surface area contributed by atoms with Gasteiger partial charge in [0.2, 0.25) is 0 Å². The predicted octanol–water partition coefficient (Wildman–Crippen LogP) is 1.63. The summed E-state index contributed by atoms with van der Waals surface area (Å²) in [5.74, 6) is -0.652. The van der Waals surface area contributed by atoms with E-state index >= 15 is 0 Å². The highest BCUT2D eigenvalue weighted by atomic mass is 16.4. The number of nitrogens with zero attached hydrogens (tertiary/aromatic N) is 2. The predicted molar refractivity (Wildman–Crippen MR) is 49.0 cm³/mol. The molecular formula is C10H11N2O2. The second kappa shape index (κ2) is 3.74. The molecule has 14 heavy (non-hydrogen) atoms. The van der Waals surface area contributed by atoms with Crippen molar-refractivity contribution in [1.29, 1.82) is 0 Å². The molecule has 1 radical (unpaired) electrons. The second-order valence-electron chi connectivity index (χ2n) is 3.56. The van der Waals surface area contributed by atoms with Gasteiger partial charge in [-0.25, -0.2) is 14.8 Å². The average molecular weight is 191 g/mol. The minimum atomic E-state index is -0.944. The van der Waals surface area contributed by atoms with E-state index in [-0.39, 0.29) is 5.56 Å². The highest BCUT2D eigenvalue weighted by Crippen LogP contribution is 2.34. The lowest BCUT2D eigenvalue weighted by atomic mass is 10.00. The monoisotopic (exact) mass is 191 g/mol. The van der Waals surface area contributed by atoms with Crippen LogP contribution in [0.3, 0.4) is 0 Å². The zero-order valence-corrected chi connectivity index (χ0v) is 7.73. The Morgan fingerprint density at radius 1 is 1.50 bits per heavy atom. The number of carboxylic acid groups (broad SMARTS) is 1. The van der Waals surface area contributed by atoms with E-state index in [0.29, 0.717) is 11.6 Å². The van der Waals surface area contributed by atoms with Crippen LogP contribution in [0.25, 0.3) is 0 Å². The van der Waals surface area contributed by atoms with Crippen molar-refractivity contribution < 1.29 is 9.90 Å². The fourth-order valence-corrected chi connectivity index (χ4v) is 1.98. The fraction of sp³-hybridized carbons (Fsp3) is 0.500. The smallest absolute Gasteiger partial charge is 0.339 e. The Morgan fingerprint density at radius 2 is 2.21 bits per heavy atom. The van der Waals surface area contributed by atoms with Crippen molar-refractivity contribution in [2.24, 2.45) is 0 Å². The molecule has 1 aliphatic carbocycles. The van der Waals surface area contributed by atoms with Crippen molar-refractivity contribution in [3.8, 4) is 0 Å². The van der Waals surface area contributed by atoms with Gasteiger partial charge >= 0.3 is 5.97 Å². The van der Waals surface area contributed by atoms with Crippen molar-refractivity contribution in [1.82, 2.24) is 9.97 Å². The molecule has 0 aliphatic heterocycles. The average Bonchev–Trinajstić information content (AvgIpc) is 2.70. The van der Waals surface area contributed by atoms with Gasteiger partial charge in [0, 0.05) is 12.1 Å². The van der Waals surface area contributed by atoms with Gasteiger partial charge in [0.05, 0.1) is 11.3 Å². The molecule has 4 nitrogen and oxygen atoms in total. The lowest BCUT2D eigenvalue weighted by Crippen LogP contribution is -2.08. The summed E-state index contributed by atoms with van der Waals surface area (Å²) in [6.45, 7) is 0. The highest BCUT2D eigenvalue weighted by molar-refractivity contribution is 5.88. The molecule has 1 aromatic heterocycles. The molecule has 0 bridgehead atoms. The van der Waals surface area contributed by atoms with Gasteiger partial charge in [0.25, 0.3) is 0 Å². The van der Waals surface area contributed by atoms with E-state index in [1.807, 2.05) is 0 Å². The number of aromatic nitrogens is 2. The summed E-state index contributed by atoms with van der Waals surface area (Å²) in [5.41, 5.74) is 0.889. The Hall–Kier alpha value is -1.45. The van der Waals surface area contributed by atoms with Crippen LogP contribution in [0.4, 0.5) is 0 Å². The van der Waals surface area contributed by atoms with Crippen LogP contribution in [0, 0.1) is 6.33 Å². The summed E-state index contributed by atoms with van der Waals surface area (Å²) in [5, 5.41) is 8.93. The van der Waals surface area contributed by atoms with Crippen LogP contribution in [-0.2, 0) is 0 Å². The Morgan fingerprint density at radius 3 is 2.86 bits per heavy atom. The summed E-state index contributed by atoms with van der Waals surface area (Å²) in [7, 11) is 0. The third kappa shape index (κ3) is 1.60. The molecule has 2 rings (SSSR count). The number of carboxylic acids is 1. The van der Waals surface area contributed by atoms with Crippen molar-refractivity contribution in [2.45, 2.75) is 31.6 Å². The van der Waals surface area contributed by atoms with Gasteiger partial charge in [-0.3, -0.25) is 0 Å². The van der Waals surface area contributed by atoms with Crippen LogP contribution < -0.4 is 0 Å². The Labute approximate surface area is 82.0 Å². The zero-order chi connectivity index (χ0) is 9.97. The molecule has 1 aromatic rings. The first-order valence-corrected chi connectivity index (χ1v) is 4.75. The molecular weight excluding hydrogens is 180 g/mol. The first kappa shape index (κ1) is 9.12. The number of carbonyl (C=O) groups is 1. The molecule has 1 fully saturated rings. The van der Waals surface area contributed by atoms with Gasteiger partial charge in [0.15, 0.2) is 6.33 Å². The summed E-state index contributed by atoms with van der Waals surface area (Å²) in [6.07, 6.45) is 8.19. The maximum absolute atomic E-state index is 10.9. The van der Waals surface area contributed by atoms with Crippen LogP contribution in [0.15, 0.2) is 6.20 Å². The number of hydrogen-bond donors (Lipinski definition) is 1. The molecule has 0 unspecified atom stereocenters. The minimum Gasteiger partial charge on any atom is -0.478 e. The summed E-state index contributed by atoms with van der Waals surface area (Å²) in [4.78, 5) is 18.5. The van der Waals surface area contributed by atoms with Gasteiger partial charge < -0.3 is 5.11 Å². The van der Waals surface area contributed by atoms with Crippen molar-refractivity contribution >= 4 is 5.97 Å². The SMILES string of the molecule is O=C(O)c1cn[c]nc1C1CCCC1. The van der Waals surface area contributed by atoms with E-state index < -0.39 is 5.97 Å². The topological polar surface area (TPSA) is 63.1 Å². The van der Waals surface area contributed by atoms with Gasteiger partial charge in [-0.05, 0) is 12.8 Å². The van der Waals surface area contributed by atoms with Crippen molar-refractivity contribution in [3.63, 3.8) is 0 Å². The van der Waals surface area contributed by atoms with E-state index in [1.54, 1.807) is 0 Å². The van der Waals surface area contributed by atoms with Crippen LogP contribution in [0.5, 0.6) is 0 Å². The lowest BCUT2D eigenvalue weighted by Gasteiger charge is -2.09. The normalized spacial score (nSPS) is 17.1. The van der Waals surface area contributed by atoms with E-state index in [1.165, 1.54) is 6.20 Å². The number of hydrogen-bond acceptors (Lipinski definition) is 3. The van der Waals surface area contributed by atoms with Gasteiger partial charge in [-0.15, -0.1) is 0 Å². The van der Waals surface area contributed by atoms with Gasteiger partial charge in [-0.1, -0.05) is 12.8 Å². The molecule has 0 atom stereocenters. The maximum atomic E-state index is 10.9. The van der Waals surface area contributed by atoms with Crippen LogP contribution in [0.2, 0.25) is 0 Å². The molecule has 4 heteroatoms. The van der Waals surface area contributed by atoms with Crippen molar-refractivity contribution in [3.05, 3.63) is 23.8 Å². The van der Waals surface area contributed by atoms with Crippen LogP contribution in [0.1, 0.15) is 47.7 Å². The third-order valence-electron chi connectivity index (χ3n) is 2.67. The van der Waals surface area contributed by atoms with Gasteiger partial charge in [0.1, 0.15) is 0 Å². The van der Waals surface area contributed by atoms with E-state index in [0.717, 1.165) is 25.7 Å². The molecule has 0 saturated heterocycles. The Balaban J connectivity index is 2.35. The standard InChI is InChI=1S/C10H11N2O2/c13-10(14)8-5-11-6-12-9(8)7-3-1-2-4-7/h5,7H,1-4H2,(H,13,14). The Bertz CT molecular complexity index is 346. The lowest BCUT2D eigenvalue weighted by molar-refractivity contribution is 0.0694. The highest BCUT2D eigenvalue weighted by Gasteiger charge is 2.23. The number of aromatic carboxylic acids is 1. The first-order valence-electron chi connectivity index (χ1n) is 4.75. The molecule has 0 aromatic carbocycles. The first-order chi connectivity index (χ1) is 6.79. The molecule has 0 amide bonds. The largest absolute Gasteiger partial charge is 0.478 e. The second-order valence-corrected chi connectivity index (χ2v) is 3.56. The van der Waals surface area contributed by atoms with Crippen LogP contribution >= 0.6 is 0 Å². The molecule has 1 aliphatic rings. The molecule has 0 spiro atoms. The maximum Gasteiger partial charge on any atom is 0.339 e.